The number of fused-ring (bicyclic) bond motifs is 5. The van der Waals surface area contributed by atoms with E-state index in [2.05, 4.69) is 27.7 Å². The molecule has 0 aromatic carbocycles. The number of rotatable bonds is 4. The van der Waals surface area contributed by atoms with Crippen molar-refractivity contribution < 1.29 is 15.3 Å². The van der Waals surface area contributed by atoms with Gasteiger partial charge >= 0.3 is 0 Å². The molecule has 162 valence electrons. The van der Waals surface area contributed by atoms with Crippen LogP contribution in [0.4, 0.5) is 0 Å². The highest BCUT2D eigenvalue weighted by Gasteiger charge is 2.64. The molecule has 11 atom stereocenters. The molecule has 4 fully saturated rings. The van der Waals surface area contributed by atoms with E-state index in [0.717, 1.165) is 32.1 Å². The normalized spacial score (nSPS) is 54.5. The fraction of sp³-hybridized carbons (Fsp3) is 1.00. The Bertz CT molecular complexity index is 564. The molecule has 0 bridgehead atoms. The van der Waals surface area contributed by atoms with E-state index >= 15 is 0 Å². The van der Waals surface area contributed by atoms with Gasteiger partial charge in [0.15, 0.2) is 0 Å². The van der Waals surface area contributed by atoms with Gasteiger partial charge in [0.1, 0.15) is 0 Å². The fourth-order valence-electron chi connectivity index (χ4n) is 9.34. The second kappa shape index (κ2) is 7.54. The summed E-state index contributed by atoms with van der Waals surface area (Å²) in [6.45, 7) is 9.92. The standard InChI is InChI=1S/C25H44O3/c1-5-17-21-14-16(27)8-11-25(21,4)20-9-12-24(3)18(15(2)10-13-26)6-7-19(24)22(20)23(17)28/h15-23,26-28H,5-14H2,1-4H3/t15-,16-,17-,18-,19?,20?,21?,22?,23-,24-,25-/m1/s1. The second-order valence-electron chi connectivity index (χ2n) is 11.6. The fourth-order valence-corrected chi connectivity index (χ4v) is 9.34. The van der Waals surface area contributed by atoms with Gasteiger partial charge in [-0.3, -0.25) is 0 Å². The molecule has 0 heterocycles. The van der Waals surface area contributed by atoms with Gasteiger partial charge in [0.25, 0.3) is 0 Å². The summed E-state index contributed by atoms with van der Waals surface area (Å²) in [6, 6.07) is 0. The number of aliphatic hydroxyl groups is 3. The van der Waals surface area contributed by atoms with Crippen LogP contribution < -0.4 is 0 Å². The summed E-state index contributed by atoms with van der Waals surface area (Å²) in [4.78, 5) is 0. The Kier molecular flexibility index (Phi) is 5.69. The molecule has 4 unspecified atom stereocenters. The molecule has 0 radical (unpaired) electrons. The van der Waals surface area contributed by atoms with Crippen LogP contribution in [0.25, 0.3) is 0 Å². The molecule has 3 N–H and O–H groups in total. The van der Waals surface area contributed by atoms with Gasteiger partial charge in [-0.15, -0.1) is 0 Å². The van der Waals surface area contributed by atoms with Crippen molar-refractivity contribution in [1.82, 2.24) is 0 Å². The SMILES string of the molecule is CC[C@@H]1C2C[C@H](O)CC[C@]2(C)C2CC[C@@]3(C)C(CC[C@@H]3[C@H](C)CCO)C2[C@@H]1O. The van der Waals surface area contributed by atoms with Crippen molar-refractivity contribution >= 4 is 0 Å². The minimum Gasteiger partial charge on any atom is -0.396 e. The predicted octanol–water partition coefficient (Wildman–Crippen LogP) is 4.63. The van der Waals surface area contributed by atoms with Crippen molar-refractivity contribution in [2.24, 2.45) is 52.3 Å². The van der Waals surface area contributed by atoms with Crippen LogP contribution in [-0.4, -0.2) is 34.1 Å². The third-order valence-corrected chi connectivity index (χ3v) is 10.7. The Hall–Kier alpha value is -0.120. The van der Waals surface area contributed by atoms with E-state index in [1.807, 2.05) is 0 Å². The molecule has 3 nitrogen and oxygen atoms in total. The summed E-state index contributed by atoms with van der Waals surface area (Å²) in [7, 11) is 0. The van der Waals surface area contributed by atoms with Crippen molar-refractivity contribution in [1.29, 1.82) is 0 Å². The first-order valence-corrected chi connectivity index (χ1v) is 12.2. The monoisotopic (exact) mass is 392 g/mol. The maximum atomic E-state index is 11.7. The highest BCUT2D eigenvalue weighted by Crippen LogP contribution is 2.69. The molecule has 0 amide bonds. The van der Waals surface area contributed by atoms with Gasteiger partial charge in [-0.1, -0.05) is 34.1 Å². The quantitative estimate of drug-likeness (QED) is 0.653. The summed E-state index contributed by atoms with van der Waals surface area (Å²) in [5.41, 5.74) is 0.617. The number of hydrogen-bond acceptors (Lipinski definition) is 3. The molecule has 4 rings (SSSR count). The molecule has 0 aromatic rings. The van der Waals surface area contributed by atoms with E-state index in [-0.39, 0.29) is 12.2 Å². The van der Waals surface area contributed by atoms with Crippen LogP contribution in [0.2, 0.25) is 0 Å². The second-order valence-corrected chi connectivity index (χ2v) is 11.6. The average molecular weight is 393 g/mol. The Labute approximate surface area is 172 Å². The lowest BCUT2D eigenvalue weighted by molar-refractivity contribution is -0.203. The van der Waals surface area contributed by atoms with E-state index < -0.39 is 0 Å². The zero-order valence-corrected chi connectivity index (χ0v) is 18.6. The summed E-state index contributed by atoms with van der Waals surface area (Å²) in [5, 5.41) is 31.6. The smallest absolute Gasteiger partial charge is 0.0605 e. The van der Waals surface area contributed by atoms with E-state index in [4.69, 9.17) is 0 Å². The van der Waals surface area contributed by atoms with Crippen molar-refractivity contribution in [3.8, 4) is 0 Å². The van der Waals surface area contributed by atoms with Crippen molar-refractivity contribution in [3.63, 3.8) is 0 Å². The van der Waals surface area contributed by atoms with Gasteiger partial charge in [-0.2, -0.15) is 0 Å². The Morgan fingerprint density at radius 2 is 1.61 bits per heavy atom. The maximum absolute atomic E-state index is 11.7. The lowest BCUT2D eigenvalue weighted by Crippen LogP contribution is -2.62. The molecular weight excluding hydrogens is 348 g/mol. The van der Waals surface area contributed by atoms with Gasteiger partial charge < -0.3 is 15.3 Å². The maximum Gasteiger partial charge on any atom is 0.0605 e. The summed E-state index contributed by atoms with van der Waals surface area (Å²) >= 11 is 0. The van der Waals surface area contributed by atoms with Crippen LogP contribution >= 0.6 is 0 Å². The third kappa shape index (κ3) is 2.94. The summed E-state index contributed by atoms with van der Waals surface area (Å²) in [6.07, 6.45) is 9.62. The third-order valence-electron chi connectivity index (χ3n) is 10.7. The van der Waals surface area contributed by atoms with E-state index in [1.54, 1.807) is 0 Å². The molecule has 0 saturated heterocycles. The van der Waals surface area contributed by atoms with Gasteiger partial charge in [-0.05, 0) is 104 Å². The van der Waals surface area contributed by atoms with Crippen LogP contribution in [0.1, 0.15) is 85.5 Å². The molecule has 4 aliphatic rings. The Morgan fingerprint density at radius 3 is 2.29 bits per heavy atom. The topological polar surface area (TPSA) is 60.7 Å². The van der Waals surface area contributed by atoms with Gasteiger partial charge in [0.2, 0.25) is 0 Å². The van der Waals surface area contributed by atoms with Gasteiger partial charge in [0, 0.05) is 6.61 Å². The van der Waals surface area contributed by atoms with Crippen molar-refractivity contribution in [3.05, 3.63) is 0 Å². The number of aliphatic hydroxyl groups excluding tert-OH is 3. The van der Waals surface area contributed by atoms with Crippen LogP contribution in [0, 0.1) is 52.3 Å². The molecule has 3 heteroatoms. The zero-order valence-electron chi connectivity index (χ0n) is 18.6. The average Bonchev–Trinajstić information content (AvgIpc) is 3.01. The predicted molar refractivity (Wildman–Crippen MR) is 113 cm³/mol. The van der Waals surface area contributed by atoms with E-state index in [9.17, 15) is 15.3 Å². The van der Waals surface area contributed by atoms with Crippen LogP contribution in [0.3, 0.4) is 0 Å². The molecular formula is C25H44O3. The zero-order chi connectivity index (χ0) is 20.3. The minimum atomic E-state index is -0.199. The van der Waals surface area contributed by atoms with Crippen molar-refractivity contribution in [2.75, 3.05) is 6.61 Å². The largest absolute Gasteiger partial charge is 0.396 e. The lowest BCUT2D eigenvalue weighted by atomic mass is 9.41. The molecule has 0 spiro atoms. The number of hydrogen-bond donors (Lipinski definition) is 3. The van der Waals surface area contributed by atoms with Crippen molar-refractivity contribution in [2.45, 2.75) is 97.7 Å². The first-order chi connectivity index (χ1) is 13.3. The molecule has 0 aliphatic heterocycles. The molecule has 0 aromatic heterocycles. The van der Waals surface area contributed by atoms with E-state index in [0.29, 0.717) is 58.9 Å². The Morgan fingerprint density at radius 1 is 0.929 bits per heavy atom. The van der Waals surface area contributed by atoms with Gasteiger partial charge in [0.05, 0.1) is 12.2 Å². The Balaban J connectivity index is 1.67. The molecule has 4 saturated carbocycles. The summed E-state index contributed by atoms with van der Waals surface area (Å²) < 4.78 is 0. The summed E-state index contributed by atoms with van der Waals surface area (Å²) in [5.74, 6) is 3.78. The molecule has 28 heavy (non-hydrogen) atoms. The first kappa shape index (κ1) is 21.1. The van der Waals surface area contributed by atoms with Crippen LogP contribution in [-0.2, 0) is 0 Å². The lowest BCUT2D eigenvalue weighted by Gasteiger charge is -2.64. The highest BCUT2D eigenvalue weighted by molar-refractivity contribution is 5.13. The first-order valence-electron chi connectivity index (χ1n) is 12.2. The van der Waals surface area contributed by atoms with Gasteiger partial charge in [-0.25, -0.2) is 0 Å². The van der Waals surface area contributed by atoms with Crippen LogP contribution in [0.5, 0.6) is 0 Å². The van der Waals surface area contributed by atoms with Crippen LogP contribution in [0.15, 0.2) is 0 Å². The molecule has 4 aliphatic carbocycles. The highest BCUT2D eigenvalue weighted by atomic mass is 16.3. The minimum absolute atomic E-state index is 0.167. The van der Waals surface area contributed by atoms with E-state index in [1.165, 1.54) is 25.7 Å².